The average molecular weight is 362 g/mol. The molecule has 1 aromatic carbocycles. The molecule has 0 saturated heterocycles. The van der Waals surface area contributed by atoms with E-state index in [1.54, 1.807) is 18.3 Å². The normalized spacial score (nSPS) is 10.7. The number of nitrogens with one attached hydrogen (secondary N) is 2. The number of carbonyl (C=O) groups excluding carboxylic acids is 1. The van der Waals surface area contributed by atoms with Crippen molar-refractivity contribution in [1.29, 1.82) is 0 Å². The molecular formula is C18H14N6O3. The summed E-state index contributed by atoms with van der Waals surface area (Å²) >= 11 is 0. The van der Waals surface area contributed by atoms with E-state index in [9.17, 15) is 9.59 Å². The van der Waals surface area contributed by atoms with E-state index in [0.717, 1.165) is 0 Å². The van der Waals surface area contributed by atoms with Crippen LogP contribution in [0.25, 0.3) is 5.78 Å². The fourth-order valence-electron chi connectivity index (χ4n) is 2.44. The number of rotatable bonds is 5. The molecule has 4 aromatic rings. The maximum Gasteiger partial charge on any atom is 0.258 e. The summed E-state index contributed by atoms with van der Waals surface area (Å²) in [5.74, 6) is 1.02. The van der Waals surface area contributed by atoms with Crippen LogP contribution in [0.3, 0.4) is 0 Å². The summed E-state index contributed by atoms with van der Waals surface area (Å²) in [6, 6.07) is 13.7. The molecule has 3 heterocycles. The van der Waals surface area contributed by atoms with Gasteiger partial charge in [0, 0.05) is 18.5 Å². The first-order chi connectivity index (χ1) is 13.2. The highest BCUT2D eigenvalue weighted by atomic mass is 16.5. The van der Waals surface area contributed by atoms with Crippen LogP contribution in [0.2, 0.25) is 0 Å². The highest BCUT2D eigenvalue weighted by Crippen LogP contribution is 2.12. The minimum absolute atomic E-state index is 0.115. The topological polar surface area (TPSA) is 114 Å². The van der Waals surface area contributed by atoms with Gasteiger partial charge in [0.15, 0.2) is 5.82 Å². The van der Waals surface area contributed by atoms with Crippen LogP contribution in [0.5, 0.6) is 5.75 Å². The molecule has 3 aromatic heterocycles. The molecule has 0 spiro atoms. The fraction of sp³-hybridized carbons (Fsp3) is 0.0556. The number of carbonyl (C=O) groups is 1. The standard InChI is InChI=1S/C18H14N6O3/c25-16-9-15(21-17(26)12-5-4-8-19-10-12)24-18(22-16)20-14(23-24)11-27-13-6-2-1-3-7-13/h1-10H,11H2,(H,21,26)(H,20,22,23,25). The third-order valence-electron chi connectivity index (χ3n) is 3.66. The number of para-hydroxylation sites is 1. The fourth-order valence-corrected chi connectivity index (χ4v) is 2.44. The molecule has 2 N–H and O–H groups in total. The zero-order valence-corrected chi connectivity index (χ0v) is 14.0. The number of nitrogens with zero attached hydrogens (tertiary/aromatic N) is 4. The molecule has 9 heteroatoms. The van der Waals surface area contributed by atoms with Gasteiger partial charge >= 0.3 is 0 Å². The number of benzene rings is 1. The molecule has 0 radical (unpaired) electrons. The van der Waals surface area contributed by atoms with Gasteiger partial charge in [-0.25, -0.2) is 0 Å². The predicted molar refractivity (Wildman–Crippen MR) is 96.6 cm³/mol. The molecule has 27 heavy (non-hydrogen) atoms. The molecule has 0 saturated carbocycles. The molecule has 1 amide bonds. The third-order valence-corrected chi connectivity index (χ3v) is 3.66. The first-order valence-corrected chi connectivity index (χ1v) is 8.07. The van der Waals surface area contributed by atoms with Crippen LogP contribution in [0.4, 0.5) is 5.82 Å². The van der Waals surface area contributed by atoms with Crippen molar-refractivity contribution >= 4 is 17.5 Å². The van der Waals surface area contributed by atoms with E-state index in [-0.39, 0.29) is 18.2 Å². The van der Waals surface area contributed by atoms with Crippen molar-refractivity contribution in [3.63, 3.8) is 0 Å². The number of anilines is 1. The van der Waals surface area contributed by atoms with Crippen molar-refractivity contribution in [2.45, 2.75) is 6.61 Å². The van der Waals surface area contributed by atoms with Crippen LogP contribution in [0.1, 0.15) is 16.2 Å². The minimum Gasteiger partial charge on any atom is -0.486 e. The highest BCUT2D eigenvalue weighted by Gasteiger charge is 2.13. The Bertz CT molecular complexity index is 1140. The number of fused-ring (bicyclic) bond motifs is 1. The van der Waals surface area contributed by atoms with Crippen molar-refractivity contribution in [2.24, 2.45) is 0 Å². The first kappa shape index (κ1) is 16.5. The molecule has 0 bridgehead atoms. The van der Waals surface area contributed by atoms with Gasteiger partial charge in [-0.05, 0) is 24.3 Å². The SMILES string of the molecule is O=C(Nc1cc(=O)[nH]c2nc(COc3ccccc3)nn12)c1cccnc1. The van der Waals surface area contributed by atoms with Crippen LogP contribution in [-0.2, 0) is 6.61 Å². The average Bonchev–Trinajstić information content (AvgIpc) is 3.11. The lowest BCUT2D eigenvalue weighted by atomic mass is 10.3. The Labute approximate surface area is 152 Å². The van der Waals surface area contributed by atoms with E-state index < -0.39 is 11.5 Å². The van der Waals surface area contributed by atoms with Gasteiger partial charge in [0.25, 0.3) is 11.5 Å². The lowest BCUT2D eigenvalue weighted by molar-refractivity contribution is 0.102. The Kier molecular flexibility index (Phi) is 4.32. The molecule has 0 fully saturated rings. The number of pyridine rings is 1. The van der Waals surface area contributed by atoms with Gasteiger partial charge in [0.2, 0.25) is 5.78 Å². The zero-order valence-electron chi connectivity index (χ0n) is 14.0. The van der Waals surface area contributed by atoms with Crippen LogP contribution in [0.15, 0.2) is 65.7 Å². The maximum atomic E-state index is 12.3. The minimum atomic E-state index is -0.410. The summed E-state index contributed by atoms with van der Waals surface area (Å²) in [5.41, 5.74) is -0.0504. The number of amides is 1. The van der Waals surface area contributed by atoms with E-state index in [4.69, 9.17) is 4.74 Å². The summed E-state index contributed by atoms with van der Waals surface area (Å²) in [6.07, 6.45) is 3.00. The van der Waals surface area contributed by atoms with Gasteiger partial charge in [-0.2, -0.15) is 9.50 Å². The number of aromatic nitrogens is 5. The van der Waals surface area contributed by atoms with Crippen LogP contribution in [-0.4, -0.2) is 30.5 Å². The number of hydrogen-bond acceptors (Lipinski definition) is 6. The molecular weight excluding hydrogens is 348 g/mol. The van der Waals surface area contributed by atoms with Gasteiger partial charge in [0.1, 0.15) is 18.2 Å². The van der Waals surface area contributed by atoms with Gasteiger partial charge in [-0.1, -0.05) is 18.2 Å². The van der Waals surface area contributed by atoms with E-state index >= 15 is 0 Å². The molecule has 4 rings (SSSR count). The smallest absolute Gasteiger partial charge is 0.258 e. The third kappa shape index (κ3) is 3.66. The van der Waals surface area contributed by atoms with Crippen molar-refractivity contribution in [1.82, 2.24) is 24.6 Å². The maximum absolute atomic E-state index is 12.3. The quantitative estimate of drug-likeness (QED) is 0.558. The Morgan fingerprint density at radius 1 is 1.19 bits per heavy atom. The van der Waals surface area contributed by atoms with Crippen LogP contribution < -0.4 is 15.6 Å². The lowest BCUT2D eigenvalue weighted by Gasteiger charge is -2.05. The number of hydrogen-bond donors (Lipinski definition) is 2. The summed E-state index contributed by atoms with van der Waals surface area (Å²) in [6.45, 7) is 0.115. The summed E-state index contributed by atoms with van der Waals surface area (Å²) < 4.78 is 6.96. The van der Waals surface area contributed by atoms with Crippen LogP contribution in [0, 0.1) is 0 Å². The second kappa shape index (κ2) is 7.08. The number of aromatic amines is 1. The monoisotopic (exact) mass is 362 g/mol. The molecule has 0 aliphatic heterocycles. The van der Waals surface area contributed by atoms with Crippen LogP contribution >= 0.6 is 0 Å². The molecule has 0 unspecified atom stereocenters. The Hall–Kier alpha value is -4.01. The lowest BCUT2D eigenvalue weighted by Crippen LogP contribution is -2.18. The number of H-pyrrole nitrogens is 1. The first-order valence-electron chi connectivity index (χ1n) is 8.07. The van der Waals surface area contributed by atoms with Crippen molar-refractivity contribution in [2.75, 3.05) is 5.32 Å². The summed E-state index contributed by atoms with van der Waals surface area (Å²) in [7, 11) is 0. The van der Waals surface area contributed by atoms with E-state index in [1.165, 1.54) is 16.8 Å². The van der Waals surface area contributed by atoms with Crippen molar-refractivity contribution in [3.05, 3.63) is 82.7 Å². The molecule has 9 nitrogen and oxygen atoms in total. The molecule has 134 valence electrons. The summed E-state index contributed by atoms with van der Waals surface area (Å²) in [4.78, 5) is 34.9. The molecule has 0 aliphatic carbocycles. The van der Waals surface area contributed by atoms with Gasteiger partial charge < -0.3 is 10.1 Å². The van der Waals surface area contributed by atoms with Gasteiger partial charge in [0.05, 0.1) is 5.56 Å². The summed E-state index contributed by atoms with van der Waals surface area (Å²) in [5, 5.41) is 6.95. The van der Waals surface area contributed by atoms with E-state index in [2.05, 4.69) is 25.4 Å². The second-order valence-electron chi connectivity index (χ2n) is 5.58. The van der Waals surface area contributed by atoms with Gasteiger partial charge in [-0.15, -0.1) is 5.10 Å². The Balaban J connectivity index is 1.60. The molecule has 0 aliphatic rings. The largest absolute Gasteiger partial charge is 0.486 e. The number of ether oxygens (including phenoxy) is 1. The zero-order chi connectivity index (χ0) is 18.6. The van der Waals surface area contributed by atoms with E-state index in [0.29, 0.717) is 17.1 Å². The second-order valence-corrected chi connectivity index (χ2v) is 5.58. The Morgan fingerprint density at radius 2 is 2.04 bits per heavy atom. The molecule has 0 atom stereocenters. The Morgan fingerprint density at radius 3 is 2.81 bits per heavy atom. The van der Waals surface area contributed by atoms with E-state index in [1.807, 2.05) is 30.3 Å². The van der Waals surface area contributed by atoms with Crippen molar-refractivity contribution in [3.8, 4) is 5.75 Å². The highest BCUT2D eigenvalue weighted by molar-refractivity contribution is 6.03. The predicted octanol–water partition coefficient (Wildman–Crippen LogP) is 1.64. The van der Waals surface area contributed by atoms with Crippen molar-refractivity contribution < 1.29 is 9.53 Å². The van der Waals surface area contributed by atoms with Gasteiger partial charge in [-0.3, -0.25) is 19.6 Å².